The summed E-state index contributed by atoms with van der Waals surface area (Å²) < 4.78 is 40.9. The average Bonchev–Trinajstić information content (AvgIpc) is 3.23. The Morgan fingerprint density at radius 2 is 1.27 bits per heavy atom. The van der Waals surface area contributed by atoms with Gasteiger partial charge in [-0.25, -0.2) is 13.2 Å². The van der Waals surface area contributed by atoms with Crippen LogP contribution in [0.2, 0.25) is 0 Å². The molecule has 0 aliphatic carbocycles. The zero-order chi connectivity index (χ0) is 28.9. The zero-order valence-electron chi connectivity index (χ0n) is 22.3. The fraction of sp³-hybridized carbons (Fsp3) is 0.300. The molecule has 3 amide bonds. The number of carbonyl (C=O) groups excluding carboxylic acids is 3. The number of amides is 3. The molecule has 0 saturated carbocycles. The maximum absolute atomic E-state index is 13.7. The van der Waals surface area contributed by atoms with Crippen LogP contribution in [0, 0.1) is 17.5 Å². The molecule has 0 aromatic heterocycles. The van der Waals surface area contributed by atoms with Gasteiger partial charge < -0.3 is 25.3 Å². The van der Waals surface area contributed by atoms with Crippen LogP contribution >= 0.6 is 0 Å². The fourth-order valence-corrected chi connectivity index (χ4v) is 5.11. The van der Waals surface area contributed by atoms with Gasteiger partial charge in [-0.05, 0) is 61.0 Å². The summed E-state index contributed by atoms with van der Waals surface area (Å²) in [5.74, 6) is -3.17. The molecule has 2 saturated heterocycles. The van der Waals surface area contributed by atoms with E-state index < -0.39 is 29.3 Å². The van der Waals surface area contributed by atoms with Gasteiger partial charge in [0.15, 0.2) is 0 Å². The lowest BCUT2D eigenvalue weighted by atomic mass is 10.1. The molecule has 0 radical (unpaired) electrons. The molecule has 2 aliphatic rings. The van der Waals surface area contributed by atoms with E-state index >= 15 is 0 Å². The van der Waals surface area contributed by atoms with Gasteiger partial charge in [-0.2, -0.15) is 0 Å². The van der Waals surface area contributed by atoms with Gasteiger partial charge in [0, 0.05) is 75.1 Å². The number of hydrogen-bond acceptors (Lipinski definition) is 5. The van der Waals surface area contributed by atoms with E-state index in [1.54, 1.807) is 28.0 Å². The minimum Gasteiger partial charge on any atom is -0.368 e. The van der Waals surface area contributed by atoms with Crippen LogP contribution in [0.4, 0.5) is 24.5 Å². The summed E-state index contributed by atoms with van der Waals surface area (Å²) in [6, 6.07) is 13.1. The zero-order valence-corrected chi connectivity index (χ0v) is 22.3. The monoisotopic (exact) mass is 565 g/mol. The van der Waals surface area contributed by atoms with Crippen molar-refractivity contribution < 1.29 is 27.6 Å². The van der Waals surface area contributed by atoms with Crippen molar-refractivity contribution in [3.8, 4) is 0 Å². The number of carbonyl (C=O) groups is 3. The van der Waals surface area contributed by atoms with Crippen LogP contribution < -0.4 is 15.5 Å². The number of rotatable bonds is 5. The van der Waals surface area contributed by atoms with Gasteiger partial charge in [-0.1, -0.05) is 0 Å². The first-order valence-electron chi connectivity index (χ1n) is 13.5. The molecule has 0 unspecified atom stereocenters. The van der Waals surface area contributed by atoms with Crippen molar-refractivity contribution in [2.24, 2.45) is 0 Å². The maximum atomic E-state index is 13.7. The number of anilines is 2. The first-order valence-corrected chi connectivity index (χ1v) is 13.5. The quantitative estimate of drug-likeness (QED) is 0.493. The fourth-order valence-electron chi connectivity index (χ4n) is 5.11. The Labute approximate surface area is 235 Å². The van der Waals surface area contributed by atoms with Crippen molar-refractivity contribution in [2.45, 2.75) is 6.42 Å². The SMILES string of the molecule is O=C(Nc1cc(C(=O)N2CCNCC2)ccc1N1CCCN(C(=O)c2cc(F)cc(F)c2)CC1)c1ccc(F)cc1. The molecule has 3 aromatic carbocycles. The second-order valence-corrected chi connectivity index (χ2v) is 10.0. The molecule has 2 N–H and O–H groups in total. The number of nitrogens with one attached hydrogen (secondary N) is 2. The van der Waals surface area contributed by atoms with Crippen molar-refractivity contribution >= 4 is 29.1 Å². The third-order valence-corrected chi connectivity index (χ3v) is 7.24. The number of hydrogen-bond donors (Lipinski definition) is 2. The Balaban J connectivity index is 1.39. The second-order valence-electron chi connectivity index (χ2n) is 10.0. The van der Waals surface area contributed by atoms with E-state index in [9.17, 15) is 27.6 Å². The molecule has 2 fully saturated rings. The topological polar surface area (TPSA) is 85.0 Å². The molecule has 0 atom stereocenters. The highest BCUT2D eigenvalue weighted by Crippen LogP contribution is 2.30. The number of halogens is 3. The summed E-state index contributed by atoms with van der Waals surface area (Å²) in [5, 5.41) is 6.10. The van der Waals surface area contributed by atoms with E-state index in [0.29, 0.717) is 69.2 Å². The van der Waals surface area contributed by atoms with Crippen molar-refractivity contribution in [3.63, 3.8) is 0 Å². The molecular formula is C30H30F3N5O3. The largest absolute Gasteiger partial charge is 0.368 e. The predicted molar refractivity (Wildman–Crippen MR) is 149 cm³/mol. The van der Waals surface area contributed by atoms with E-state index in [0.717, 1.165) is 18.2 Å². The molecule has 11 heteroatoms. The van der Waals surface area contributed by atoms with Crippen LogP contribution in [0.3, 0.4) is 0 Å². The number of piperazine rings is 1. The van der Waals surface area contributed by atoms with Crippen molar-refractivity contribution in [3.05, 3.63) is 94.8 Å². The van der Waals surface area contributed by atoms with Gasteiger partial charge >= 0.3 is 0 Å². The summed E-state index contributed by atoms with van der Waals surface area (Å²) in [6.07, 6.45) is 0.566. The Morgan fingerprint density at radius 1 is 0.634 bits per heavy atom. The standard InChI is InChI=1S/C30H30F3N5O3/c31-23-5-2-20(3-6-23)28(39)35-26-18-21(29(40)38-12-8-34-9-13-38)4-7-27(26)36-10-1-11-37(15-14-36)30(41)22-16-24(32)19-25(33)17-22/h2-7,16-19,34H,1,8-15H2,(H,35,39). The third kappa shape index (κ3) is 6.68. The highest BCUT2D eigenvalue weighted by atomic mass is 19.1. The first kappa shape index (κ1) is 28.2. The average molecular weight is 566 g/mol. The molecule has 8 nitrogen and oxygen atoms in total. The van der Waals surface area contributed by atoms with E-state index in [2.05, 4.69) is 10.6 Å². The van der Waals surface area contributed by atoms with Crippen LogP contribution in [0.25, 0.3) is 0 Å². The smallest absolute Gasteiger partial charge is 0.255 e. The van der Waals surface area contributed by atoms with Gasteiger partial charge in [0.25, 0.3) is 17.7 Å². The van der Waals surface area contributed by atoms with Crippen molar-refractivity contribution in [1.82, 2.24) is 15.1 Å². The Morgan fingerprint density at radius 3 is 1.98 bits per heavy atom. The van der Waals surface area contributed by atoms with Crippen LogP contribution in [0.1, 0.15) is 37.5 Å². The lowest BCUT2D eigenvalue weighted by molar-refractivity contribution is 0.0734. The van der Waals surface area contributed by atoms with Gasteiger partial charge in [-0.15, -0.1) is 0 Å². The molecule has 0 spiro atoms. The lowest BCUT2D eigenvalue weighted by Crippen LogP contribution is -2.46. The first-order chi connectivity index (χ1) is 19.8. The van der Waals surface area contributed by atoms with Gasteiger partial charge in [0.1, 0.15) is 17.5 Å². The number of nitrogens with zero attached hydrogens (tertiary/aromatic N) is 3. The molecule has 2 aliphatic heterocycles. The van der Waals surface area contributed by atoms with Gasteiger partial charge in [0.2, 0.25) is 0 Å². The summed E-state index contributed by atoms with van der Waals surface area (Å²) >= 11 is 0. The van der Waals surface area contributed by atoms with E-state index in [1.807, 2.05) is 4.90 Å². The third-order valence-electron chi connectivity index (χ3n) is 7.24. The minimum atomic E-state index is -0.818. The lowest BCUT2D eigenvalue weighted by Gasteiger charge is -2.29. The normalized spacial score (nSPS) is 15.8. The highest BCUT2D eigenvalue weighted by Gasteiger charge is 2.25. The Kier molecular flexibility index (Phi) is 8.53. The maximum Gasteiger partial charge on any atom is 0.255 e. The second kappa shape index (κ2) is 12.4. The predicted octanol–water partition coefficient (Wildman–Crippen LogP) is 3.75. The van der Waals surface area contributed by atoms with E-state index in [4.69, 9.17) is 0 Å². The summed E-state index contributed by atoms with van der Waals surface area (Å²) in [6.45, 7) is 4.12. The summed E-state index contributed by atoms with van der Waals surface area (Å²) in [7, 11) is 0. The summed E-state index contributed by atoms with van der Waals surface area (Å²) in [5.41, 5.74) is 1.69. The molecule has 2 heterocycles. The Hall–Kier alpha value is -4.38. The van der Waals surface area contributed by atoms with E-state index in [1.165, 1.54) is 24.3 Å². The number of benzene rings is 3. The van der Waals surface area contributed by atoms with Crippen molar-refractivity contribution in [2.75, 3.05) is 62.6 Å². The molecule has 5 rings (SSSR count). The van der Waals surface area contributed by atoms with Crippen molar-refractivity contribution in [1.29, 1.82) is 0 Å². The van der Waals surface area contributed by atoms with Gasteiger partial charge in [0.05, 0.1) is 11.4 Å². The molecular weight excluding hydrogens is 535 g/mol. The van der Waals surface area contributed by atoms with Crippen LogP contribution in [0.5, 0.6) is 0 Å². The Bertz CT molecular complexity index is 1420. The molecule has 41 heavy (non-hydrogen) atoms. The highest BCUT2D eigenvalue weighted by molar-refractivity contribution is 6.07. The molecule has 0 bridgehead atoms. The minimum absolute atomic E-state index is 0.0565. The van der Waals surface area contributed by atoms with Crippen LogP contribution in [0.15, 0.2) is 60.7 Å². The van der Waals surface area contributed by atoms with Crippen LogP contribution in [-0.4, -0.2) is 79.9 Å². The van der Waals surface area contributed by atoms with Crippen LogP contribution in [-0.2, 0) is 0 Å². The van der Waals surface area contributed by atoms with E-state index in [-0.39, 0.29) is 23.6 Å². The molecule has 214 valence electrons. The van der Waals surface area contributed by atoms with Gasteiger partial charge in [-0.3, -0.25) is 14.4 Å². The summed E-state index contributed by atoms with van der Waals surface area (Å²) in [4.78, 5) is 44.6. The molecule has 3 aromatic rings.